The highest BCUT2D eigenvalue weighted by Crippen LogP contribution is 2.02. The number of nitrogens with two attached hydrogens (primary N) is 1. The van der Waals surface area contributed by atoms with E-state index in [-0.39, 0.29) is 0 Å². The molecule has 0 aliphatic heterocycles. The summed E-state index contributed by atoms with van der Waals surface area (Å²) < 4.78 is 0. The van der Waals surface area contributed by atoms with Crippen LogP contribution in [-0.4, -0.2) is 5.54 Å². The summed E-state index contributed by atoms with van der Waals surface area (Å²) in [6.07, 6.45) is 0. The molecule has 0 bridgehead atoms. The summed E-state index contributed by atoms with van der Waals surface area (Å²) in [7, 11) is 0. The van der Waals surface area contributed by atoms with Crippen molar-refractivity contribution in [2.24, 2.45) is 5.73 Å². The van der Waals surface area contributed by atoms with Crippen LogP contribution in [0.15, 0.2) is 24.3 Å². The first-order valence-electron chi connectivity index (χ1n) is 4.36. The summed E-state index contributed by atoms with van der Waals surface area (Å²) in [5, 5.41) is 0. The Hall–Kier alpha value is -1.26. The second-order valence-electron chi connectivity index (χ2n) is 3.84. The fourth-order valence-electron chi connectivity index (χ4n) is 0.956. The van der Waals surface area contributed by atoms with Gasteiger partial charge >= 0.3 is 0 Å². The maximum Gasteiger partial charge on any atom is 0.0722 e. The van der Waals surface area contributed by atoms with Crippen molar-refractivity contribution in [3.63, 3.8) is 0 Å². The summed E-state index contributed by atoms with van der Waals surface area (Å²) >= 11 is 0. The summed E-state index contributed by atoms with van der Waals surface area (Å²) in [5.41, 5.74) is 7.58. The van der Waals surface area contributed by atoms with Crippen LogP contribution in [0.4, 0.5) is 0 Å². The highest BCUT2D eigenvalue weighted by atomic mass is 14.7. The molecule has 1 nitrogen and oxygen atoms in total. The zero-order chi connectivity index (χ0) is 9.90. The minimum Gasteiger partial charge on any atom is -0.316 e. The number of benzene rings is 1. The molecule has 1 aromatic carbocycles. The van der Waals surface area contributed by atoms with Crippen LogP contribution in [0.5, 0.6) is 0 Å². The van der Waals surface area contributed by atoms with Crippen LogP contribution in [-0.2, 0) is 0 Å². The third kappa shape index (κ3) is 3.78. The van der Waals surface area contributed by atoms with Crippen LogP contribution >= 0.6 is 0 Å². The molecule has 0 aliphatic rings. The largest absolute Gasteiger partial charge is 0.316 e. The summed E-state index contributed by atoms with van der Waals surface area (Å²) in [5.74, 6) is 6.04. The number of rotatable bonds is 0. The van der Waals surface area contributed by atoms with Gasteiger partial charge in [0.1, 0.15) is 0 Å². The second kappa shape index (κ2) is 3.64. The van der Waals surface area contributed by atoms with Crippen LogP contribution in [0, 0.1) is 18.8 Å². The lowest BCUT2D eigenvalue weighted by Crippen LogP contribution is -2.29. The molecule has 1 heteroatoms. The molecule has 1 rings (SSSR count). The molecule has 0 atom stereocenters. The van der Waals surface area contributed by atoms with Gasteiger partial charge in [0.05, 0.1) is 5.54 Å². The Morgan fingerprint density at radius 3 is 2.54 bits per heavy atom. The maximum absolute atomic E-state index is 5.75. The topological polar surface area (TPSA) is 26.0 Å². The van der Waals surface area contributed by atoms with Crippen molar-refractivity contribution < 1.29 is 0 Å². The second-order valence-corrected chi connectivity index (χ2v) is 3.84. The quantitative estimate of drug-likeness (QED) is 0.597. The summed E-state index contributed by atoms with van der Waals surface area (Å²) in [6.45, 7) is 5.85. The van der Waals surface area contributed by atoms with Crippen LogP contribution in [0.25, 0.3) is 0 Å². The molecule has 0 saturated heterocycles. The van der Waals surface area contributed by atoms with E-state index in [1.165, 1.54) is 5.56 Å². The van der Waals surface area contributed by atoms with Gasteiger partial charge in [-0.15, -0.1) is 0 Å². The van der Waals surface area contributed by atoms with E-state index in [1.54, 1.807) is 0 Å². The lowest BCUT2D eigenvalue weighted by atomic mass is 10.1. The molecule has 0 fully saturated rings. The van der Waals surface area contributed by atoms with Gasteiger partial charge in [0, 0.05) is 5.56 Å². The Balaban J connectivity index is 2.90. The molecule has 0 heterocycles. The molecule has 0 radical (unpaired) electrons. The fraction of sp³-hybridized carbons (Fsp3) is 0.333. The third-order valence-electron chi connectivity index (χ3n) is 1.55. The van der Waals surface area contributed by atoms with Crippen LogP contribution in [0.1, 0.15) is 25.0 Å². The lowest BCUT2D eigenvalue weighted by molar-refractivity contribution is 0.680. The Kier molecular flexibility index (Phi) is 2.75. The van der Waals surface area contributed by atoms with Crippen molar-refractivity contribution in [1.82, 2.24) is 0 Å². The van der Waals surface area contributed by atoms with Crippen molar-refractivity contribution in [1.29, 1.82) is 0 Å². The summed E-state index contributed by atoms with van der Waals surface area (Å²) in [6, 6.07) is 8.10. The molecular formula is C12H15N. The molecule has 0 saturated carbocycles. The van der Waals surface area contributed by atoms with Gasteiger partial charge in [-0.3, -0.25) is 0 Å². The number of hydrogen-bond donors (Lipinski definition) is 1. The van der Waals surface area contributed by atoms with E-state index in [2.05, 4.69) is 30.9 Å². The Morgan fingerprint density at radius 2 is 2.00 bits per heavy atom. The average Bonchev–Trinajstić information content (AvgIpc) is 2.00. The predicted molar refractivity (Wildman–Crippen MR) is 56.3 cm³/mol. The minimum absolute atomic E-state index is 0.413. The molecule has 2 N–H and O–H groups in total. The highest BCUT2D eigenvalue weighted by molar-refractivity contribution is 5.38. The van der Waals surface area contributed by atoms with Gasteiger partial charge in [0.25, 0.3) is 0 Å². The molecule has 68 valence electrons. The van der Waals surface area contributed by atoms with Crippen LogP contribution in [0.2, 0.25) is 0 Å². The fourth-order valence-corrected chi connectivity index (χ4v) is 0.956. The monoisotopic (exact) mass is 173 g/mol. The van der Waals surface area contributed by atoms with E-state index in [1.807, 2.05) is 26.0 Å². The molecular weight excluding hydrogens is 158 g/mol. The molecule has 13 heavy (non-hydrogen) atoms. The van der Waals surface area contributed by atoms with Gasteiger partial charge in [-0.05, 0) is 38.5 Å². The SMILES string of the molecule is Cc1cccc(C#CC(C)(C)N)c1. The van der Waals surface area contributed by atoms with E-state index < -0.39 is 5.54 Å². The van der Waals surface area contributed by atoms with Crippen LogP contribution < -0.4 is 5.73 Å². The normalized spacial score (nSPS) is 10.5. The van der Waals surface area contributed by atoms with Crippen molar-refractivity contribution in [2.45, 2.75) is 26.3 Å². The van der Waals surface area contributed by atoms with Crippen LogP contribution in [0.3, 0.4) is 0 Å². The minimum atomic E-state index is -0.413. The zero-order valence-corrected chi connectivity index (χ0v) is 8.39. The first-order valence-corrected chi connectivity index (χ1v) is 4.36. The van der Waals surface area contributed by atoms with Gasteiger partial charge in [0.2, 0.25) is 0 Å². The third-order valence-corrected chi connectivity index (χ3v) is 1.55. The van der Waals surface area contributed by atoms with Gasteiger partial charge in [-0.1, -0.05) is 24.0 Å². The highest BCUT2D eigenvalue weighted by Gasteiger charge is 2.03. The Labute approximate surface area is 80.0 Å². The van der Waals surface area contributed by atoms with E-state index in [0.29, 0.717) is 0 Å². The Morgan fingerprint density at radius 1 is 1.31 bits per heavy atom. The molecule has 1 aromatic rings. The molecule has 0 unspecified atom stereocenters. The van der Waals surface area contributed by atoms with E-state index in [4.69, 9.17) is 5.73 Å². The first-order chi connectivity index (χ1) is 5.97. The average molecular weight is 173 g/mol. The Bertz CT molecular complexity index is 347. The van der Waals surface area contributed by atoms with Gasteiger partial charge < -0.3 is 5.73 Å². The smallest absolute Gasteiger partial charge is 0.0722 e. The van der Waals surface area contributed by atoms with Crippen molar-refractivity contribution in [3.05, 3.63) is 35.4 Å². The standard InChI is InChI=1S/C12H15N/c1-10-5-4-6-11(9-10)7-8-12(2,3)13/h4-6,9H,13H2,1-3H3. The van der Waals surface area contributed by atoms with Gasteiger partial charge in [0.15, 0.2) is 0 Å². The summed E-state index contributed by atoms with van der Waals surface area (Å²) in [4.78, 5) is 0. The van der Waals surface area contributed by atoms with E-state index >= 15 is 0 Å². The zero-order valence-electron chi connectivity index (χ0n) is 8.39. The molecule has 0 amide bonds. The molecule has 0 aromatic heterocycles. The number of aryl methyl sites for hydroxylation is 1. The predicted octanol–water partition coefficient (Wildman–Crippen LogP) is 2.08. The van der Waals surface area contributed by atoms with E-state index in [9.17, 15) is 0 Å². The molecule has 0 spiro atoms. The van der Waals surface area contributed by atoms with Crippen molar-refractivity contribution >= 4 is 0 Å². The number of hydrogen-bond acceptors (Lipinski definition) is 1. The maximum atomic E-state index is 5.75. The first kappa shape index (κ1) is 9.83. The van der Waals surface area contributed by atoms with Gasteiger partial charge in [-0.25, -0.2) is 0 Å². The van der Waals surface area contributed by atoms with Crippen molar-refractivity contribution in [2.75, 3.05) is 0 Å². The molecule has 0 aliphatic carbocycles. The van der Waals surface area contributed by atoms with E-state index in [0.717, 1.165) is 5.56 Å². The lowest BCUT2D eigenvalue weighted by Gasteiger charge is -2.07. The van der Waals surface area contributed by atoms with Gasteiger partial charge in [-0.2, -0.15) is 0 Å². The van der Waals surface area contributed by atoms with Crippen molar-refractivity contribution in [3.8, 4) is 11.8 Å².